The van der Waals surface area contributed by atoms with Gasteiger partial charge in [-0.15, -0.1) is 11.3 Å². The molecule has 0 saturated carbocycles. The number of thioether (sulfide) groups is 1. The van der Waals surface area contributed by atoms with Gasteiger partial charge < -0.3 is 5.32 Å². The molecule has 1 aliphatic rings. The molecular formula is C26H27N5O4S2. The van der Waals surface area contributed by atoms with E-state index in [1.54, 1.807) is 15.9 Å². The number of aryl methyl sites for hydroxylation is 4. The maximum atomic E-state index is 13.9. The number of anilines is 1. The van der Waals surface area contributed by atoms with Gasteiger partial charge in [0.1, 0.15) is 10.6 Å². The van der Waals surface area contributed by atoms with Crippen LogP contribution < -0.4 is 22.1 Å². The van der Waals surface area contributed by atoms with Gasteiger partial charge in [-0.2, -0.15) is 0 Å². The van der Waals surface area contributed by atoms with Crippen LogP contribution in [0.4, 0.5) is 5.82 Å². The molecule has 3 heterocycles. The smallest absolute Gasteiger partial charge is 0.311 e. The molecule has 0 spiro atoms. The number of aromatic nitrogens is 4. The molecule has 9 nitrogen and oxygen atoms in total. The molecule has 192 valence electrons. The standard InChI is InChI=1S/C26H27N5O4S2/c1-14-9-15(2)11-16(10-14)31-24(34)22-17-7-5-6-8-18(17)37-23(22)28-25(31)36-13-20(32)27-19-12-21(33)30(4)26(35)29(19)3/h9-12H,5-8,13H2,1-4H3,(H,27,32). The number of amides is 1. The predicted octanol–water partition coefficient (Wildman–Crippen LogP) is 3.07. The first-order valence-electron chi connectivity index (χ1n) is 12.0. The summed E-state index contributed by atoms with van der Waals surface area (Å²) >= 11 is 2.72. The van der Waals surface area contributed by atoms with Crippen LogP contribution in [0.1, 0.15) is 34.4 Å². The van der Waals surface area contributed by atoms with Crippen LogP contribution in [0, 0.1) is 13.8 Å². The molecule has 1 aliphatic carbocycles. The average molecular weight is 538 g/mol. The van der Waals surface area contributed by atoms with Crippen LogP contribution in [-0.4, -0.2) is 30.3 Å². The van der Waals surface area contributed by atoms with Gasteiger partial charge in [0.05, 0.1) is 16.8 Å². The SMILES string of the molecule is Cc1cc(C)cc(-n2c(SCC(=O)Nc3cc(=O)n(C)c(=O)n3C)nc3sc4c(c3c2=O)CCCC4)c1. The van der Waals surface area contributed by atoms with Crippen molar-refractivity contribution in [3.8, 4) is 5.69 Å². The minimum atomic E-state index is -0.534. The highest BCUT2D eigenvalue weighted by Gasteiger charge is 2.23. The molecule has 1 N–H and O–H groups in total. The van der Waals surface area contributed by atoms with Crippen LogP contribution in [0.3, 0.4) is 0 Å². The fourth-order valence-corrected chi connectivity index (χ4v) is 6.87. The molecule has 11 heteroatoms. The lowest BCUT2D eigenvalue weighted by molar-refractivity contribution is -0.113. The molecule has 5 rings (SSSR count). The van der Waals surface area contributed by atoms with Crippen LogP contribution in [-0.2, 0) is 31.7 Å². The number of benzene rings is 1. The Labute approximate surface area is 220 Å². The van der Waals surface area contributed by atoms with Gasteiger partial charge in [0, 0.05) is 25.0 Å². The number of carbonyl (C=O) groups is 1. The summed E-state index contributed by atoms with van der Waals surface area (Å²) in [5.74, 6) is -0.364. The summed E-state index contributed by atoms with van der Waals surface area (Å²) in [6, 6.07) is 7.14. The molecule has 0 bridgehead atoms. The largest absolute Gasteiger partial charge is 0.332 e. The zero-order chi connectivity index (χ0) is 26.4. The maximum absolute atomic E-state index is 13.9. The Hall–Kier alpha value is -3.44. The number of hydrogen-bond acceptors (Lipinski definition) is 7. The molecule has 0 saturated heterocycles. The van der Waals surface area contributed by atoms with Crippen molar-refractivity contribution in [1.82, 2.24) is 18.7 Å². The van der Waals surface area contributed by atoms with Crippen molar-refractivity contribution in [2.75, 3.05) is 11.1 Å². The summed E-state index contributed by atoms with van der Waals surface area (Å²) in [7, 11) is 2.86. The van der Waals surface area contributed by atoms with E-state index in [-0.39, 0.29) is 17.1 Å². The van der Waals surface area contributed by atoms with Crippen LogP contribution in [0.5, 0.6) is 0 Å². The lowest BCUT2D eigenvalue weighted by Crippen LogP contribution is -2.38. The normalized spacial score (nSPS) is 13.1. The van der Waals surface area contributed by atoms with Crippen molar-refractivity contribution in [3.63, 3.8) is 0 Å². The first kappa shape index (κ1) is 25.2. The third-order valence-corrected chi connectivity index (χ3v) is 8.67. The number of nitrogens with zero attached hydrogens (tertiary/aromatic N) is 4. The Bertz CT molecular complexity index is 1720. The number of carbonyl (C=O) groups excluding carboxylic acids is 1. The summed E-state index contributed by atoms with van der Waals surface area (Å²) in [6.45, 7) is 3.96. The number of nitrogens with one attached hydrogen (secondary N) is 1. The Morgan fingerprint density at radius 2 is 1.73 bits per heavy atom. The second-order valence-electron chi connectivity index (χ2n) is 9.38. The first-order valence-corrected chi connectivity index (χ1v) is 13.8. The Morgan fingerprint density at radius 1 is 1.03 bits per heavy atom. The number of hydrogen-bond donors (Lipinski definition) is 1. The van der Waals surface area contributed by atoms with E-state index in [0.717, 1.165) is 58.7 Å². The minimum Gasteiger partial charge on any atom is -0.311 e. The topological polar surface area (TPSA) is 108 Å². The van der Waals surface area contributed by atoms with E-state index < -0.39 is 17.2 Å². The minimum absolute atomic E-state index is 0.0583. The van der Waals surface area contributed by atoms with Crippen LogP contribution in [0.2, 0.25) is 0 Å². The van der Waals surface area contributed by atoms with Gasteiger partial charge in [0.25, 0.3) is 11.1 Å². The summed E-state index contributed by atoms with van der Waals surface area (Å²) in [6.07, 6.45) is 4.00. The molecule has 0 fully saturated rings. The quantitative estimate of drug-likeness (QED) is 0.310. The van der Waals surface area contributed by atoms with E-state index in [2.05, 4.69) is 5.32 Å². The van der Waals surface area contributed by atoms with Gasteiger partial charge in [-0.25, -0.2) is 9.78 Å². The van der Waals surface area contributed by atoms with Crippen LogP contribution in [0.15, 0.2) is 43.8 Å². The highest BCUT2D eigenvalue weighted by Crippen LogP contribution is 2.35. The van der Waals surface area contributed by atoms with Crippen molar-refractivity contribution >= 4 is 45.0 Å². The predicted molar refractivity (Wildman–Crippen MR) is 148 cm³/mol. The van der Waals surface area contributed by atoms with Crippen molar-refractivity contribution in [3.05, 3.63) is 77.0 Å². The Morgan fingerprint density at radius 3 is 2.46 bits per heavy atom. The lowest BCUT2D eigenvalue weighted by Gasteiger charge is -2.15. The Kier molecular flexibility index (Phi) is 6.67. The highest BCUT2D eigenvalue weighted by atomic mass is 32.2. The molecule has 0 unspecified atom stereocenters. The molecule has 0 radical (unpaired) electrons. The van der Waals surface area contributed by atoms with Crippen LogP contribution >= 0.6 is 23.1 Å². The van der Waals surface area contributed by atoms with E-state index in [1.165, 1.54) is 29.6 Å². The van der Waals surface area contributed by atoms with Crippen molar-refractivity contribution in [1.29, 1.82) is 0 Å². The highest BCUT2D eigenvalue weighted by molar-refractivity contribution is 7.99. The fraction of sp³-hybridized carbons (Fsp3) is 0.346. The van der Waals surface area contributed by atoms with E-state index >= 15 is 0 Å². The number of fused-ring (bicyclic) bond motifs is 3. The summed E-state index contributed by atoms with van der Waals surface area (Å²) in [5.41, 5.74) is 2.71. The van der Waals surface area contributed by atoms with Gasteiger partial charge in [-0.1, -0.05) is 17.8 Å². The molecule has 4 aromatic rings. The third kappa shape index (κ3) is 4.69. The second kappa shape index (κ2) is 9.79. The fourth-order valence-electron chi connectivity index (χ4n) is 4.75. The van der Waals surface area contributed by atoms with Crippen LogP contribution in [0.25, 0.3) is 15.9 Å². The van der Waals surface area contributed by atoms with Gasteiger partial charge in [0.2, 0.25) is 5.91 Å². The molecule has 3 aromatic heterocycles. The van der Waals surface area contributed by atoms with Gasteiger partial charge in [-0.3, -0.25) is 28.1 Å². The number of rotatable bonds is 5. The maximum Gasteiger partial charge on any atom is 0.332 e. The van der Waals surface area contributed by atoms with Gasteiger partial charge in [-0.05, 0) is 68.4 Å². The van der Waals surface area contributed by atoms with E-state index in [4.69, 9.17) is 4.98 Å². The van der Waals surface area contributed by atoms with Crippen molar-refractivity contribution in [2.24, 2.45) is 14.1 Å². The molecule has 0 atom stereocenters. The zero-order valence-corrected chi connectivity index (χ0v) is 22.7. The monoisotopic (exact) mass is 537 g/mol. The van der Waals surface area contributed by atoms with E-state index in [0.29, 0.717) is 21.1 Å². The van der Waals surface area contributed by atoms with Crippen molar-refractivity contribution < 1.29 is 4.79 Å². The van der Waals surface area contributed by atoms with Gasteiger partial charge >= 0.3 is 5.69 Å². The molecule has 0 aliphatic heterocycles. The average Bonchev–Trinajstić information content (AvgIpc) is 3.23. The lowest BCUT2D eigenvalue weighted by atomic mass is 9.97. The zero-order valence-electron chi connectivity index (χ0n) is 21.1. The van der Waals surface area contributed by atoms with E-state index in [9.17, 15) is 19.2 Å². The molecule has 1 aromatic carbocycles. The summed E-state index contributed by atoms with van der Waals surface area (Å²) in [4.78, 5) is 57.8. The molecule has 37 heavy (non-hydrogen) atoms. The second-order valence-corrected chi connectivity index (χ2v) is 11.4. The van der Waals surface area contributed by atoms with E-state index in [1.807, 2.05) is 32.0 Å². The molecular weight excluding hydrogens is 510 g/mol. The molecule has 1 amide bonds. The summed E-state index contributed by atoms with van der Waals surface area (Å²) in [5, 5.41) is 3.74. The third-order valence-electron chi connectivity index (χ3n) is 6.55. The Balaban J connectivity index is 1.54. The van der Waals surface area contributed by atoms with Gasteiger partial charge in [0.15, 0.2) is 5.16 Å². The first-order chi connectivity index (χ1) is 17.6. The van der Waals surface area contributed by atoms with Crippen molar-refractivity contribution in [2.45, 2.75) is 44.7 Å². The number of thiophene rings is 1. The summed E-state index contributed by atoms with van der Waals surface area (Å²) < 4.78 is 3.78.